The van der Waals surface area contributed by atoms with Gasteiger partial charge in [0.25, 0.3) is 0 Å². The molecule has 0 N–H and O–H groups in total. The van der Waals surface area contributed by atoms with E-state index in [0.29, 0.717) is 5.57 Å². The molecule has 1 atom stereocenters. The first-order valence-corrected chi connectivity index (χ1v) is 3.19. The molecule has 1 heterocycles. The number of hydrogen-bond donors (Lipinski definition) is 0. The first-order chi connectivity index (χ1) is 4.63. The Labute approximate surface area is 59.6 Å². The van der Waals surface area contributed by atoms with Crippen molar-refractivity contribution in [2.75, 3.05) is 0 Å². The highest BCUT2D eigenvalue weighted by Gasteiger charge is 2.33. The average Bonchev–Trinajstić information content (AvgIpc) is 2.14. The lowest BCUT2D eigenvalue weighted by atomic mass is 10.0. The summed E-state index contributed by atoms with van der Waals surface area (Å²) in [4.78, 5) is 19.6. The van der Waals surface area contributed by atoms with Gasteiger partial charge in [-0.3, -0.25) is 4.89 Å². The first kappa shape index (κ1) is 7.28. The van der Waals surface area contributed by atoms with E-state index >= 15 is 0 Å². The van der Waals surface area contributed by atoms with E-state index in [-0.39, 0.29) is 12.0 Å². The van der Waals surface area contributed by atoms with Crippen molar-refractivity contribution in [1.29, 1.82) is 0 Å². The van der Waals surface area contributed by atoms with E-state index in [1.54, 1.807) is 0 Å². The van der Waals surface area contributed by atoms with Crippen molar-refractivity contribution < 1.29 is 14.6 Å². The molecule has 0 amide bonds. The predicted molar refractivity (Wildman–Crippen MR) is 34.9 cm³/mol. The van der Waals surface area contributed by atoms with Crippen molar-refractivity contribution >= 4 is 5.97 Å². The summed E-state index contributed by atoms with van der Waals surface area (Å²) in [5.41, 5.74) is 0.412. The van der Waals surface area contributed by atoms with Gasteiger partial charge in [0.2, 0.25) is 0 Å². The van der Waals surface area contributed by atoms with Gasteiger partial charge >= 0.3 is 5.97 Å². The molecule has 0 radical (unpaired) electrons. The second-order valence-electron chi connectivity index (χ2n) is 2.66. The fourth-order valence-electron chi connectivity index (χ4n) is 0.837. The van der Waals surface area contributed by atoms with Gasteiger partial charge in [0.15, 0.2) is 0 Å². The van der Waals surface area contributed by atoms with Gasteiger partial charge in [0, 0.05) is 0 Å². The molecule has 0 aliphatic carbocycles. The Morgan fingerprint density at radius 2 is 2.20 bits per heavy atom. The lowest BCUT2D eigenvalue weighted by molar-refractivity contribution is -0.266. The zero-order chi connectivity index (χ0) is 7.72. The molecule has 10 heavy (non-hydrogen) atoms. The number of hydrogen-bond acceptors (Lipinski definition) is 3. The molecule has 1 aliphatic heterocycles. The van der Waals surface area contributed by atoms with E-state index in [1.165, 1.54) is 0 Å². The molecule has 1 rings (SSSR count). The van der Waals surface area contributed by atoms with Gasteiger partial charge in [0.05, 0.1) is 5.57 Å². The minimum atomic E-state index is -0.446. The van der Waals surface area contributed by atoms with Crippen molar-refractivity contribution in [3.05, 3.63) is 12.2 Å². The van der Waals surface area contributed by atoms with Gasteiger partial charge in [-0.15, -0.1) is 0 Å². The van der Waals surface area contributed by atoms with E-state index in [4.69, 9.17) is 0 Å². The number of carbonyl (C=O) groups excluding carboxylic acids is 1. The molecule has 0 saturated carbocycles. The van der Waals surface area contributed by atoms with Crippen LogP contribution in [0.25, 0.3) is 0 Å². The molecule has 0 spiro atoms. The Hall–Kier alpha value is -0.830. The average molecular weight is 142 g/mol. The standard InChI is InChI=1S/C7H10O3/c1-4(2)6-5(3)7(8)10-9-6/h4,6H,3H2,1-2H3. The molecule has 3 heteroatoms. The lowest BCUT2D eigenvalue weighted by Gasteiger charge is -2.08. The zero-order valence-corrected chi connectivity index (χ0v) is 6.09. The second-order valence-corrected chi connectivity index (χ2v) is 2.66. The molecule has 1 fully saturated rings. The van der Waals surface area contributed by atoms with Gasteiger partial charge < -0.3 is 0 Å². The predicted octanol–water partition coefficient (Wildman–Crippen LogP) is 1.06. The summed E-state index contributed by atoms with van der Waals surface area (Å²) in [5.74, 6) is -0.211. The second kappa shape index (κ2) is 2.42. The smallest absolute Gasteiger partial charge is 0.292 e. The third-order valence-corrected chi connectivity index (χ3v) is 1.44. The number of carbonyl (C=O) groups is 1. The van der Waals surface area contributed by atoms with Crippen LogP contribution in [0.15, 0.2) is 12.2 Å². The van der Waals surface area contributed by atoms with Crippen LogP contribution in [-0.4, -0.2) is 12.1 Å². The zero-order valence-electron chi connectivity index (χ0n) is 6.09. The van der Waals surface area contributed by atoms with E-state index in [9.17, 15) is 4.79 Å². The van der Waals surface area contributed by atoms with Crippen LogP contribution >= 0.6 is 0 Å². The molecule has 3 nitrogen and oxygen atoms in total. The first-order valence-electron chi connectivity index (χ1n) is 3.19. The van der Waals surface area contributed by atoms with Crippen LogP contribution in [0.3, 0.4) is 0 Å². The molecule has 1 saturated heterocycles. The molecule has 0 aromatic rings. The maximum atomic E-state index is 10.6. The van der Waals surface area contributed by atoms with Crippen LogP contribution in [0.1, 0.15) is 13.8 Å². The maximum Gasteiger partial charge on any atom is 0.371 e. The third-order valence-electron chi connectivity index (χ3n) is 1.44. The summed E-state index contributed by atoms with van der Waals surface area (Å²) >= 11 is 0. The quantitative estimate of drug-likeness (QED) is 0.405. The van der Waals surface area contributed by atoms with Crippen molar-refractivity contribution in [1.82, 2.24) is 0 Å². The Balaban J connectivity index is 2.66. The fourth-order valence-corrected chi connectivity index (χ4v) is 0.837. The minimum Gasteiger partial charge on any atom is -0.292 e. The Bertz CT molecular complexity index is 172. The molecule has 1 aliphatic rings. The molecule has 1 unspecified atom stereocenters. The van der Waals surface area contributed by atoms with E-state index in [0.717, 1.165) is 0 Å². The van der Waals surface area contributed by atoms with Gasteiger partial charge in [0.1, 0.15) is 6.10 Å². The molecule has 0 bridgehead atoms. The highest BCUT2D eigenvalue weighted by atomic mass is 17.2. The third kappa shape index (κ3) is 1.04. The van der Waals surface area contributed by atoms with Crippen LogP contribution in [-0.2, 0) is 14.6 Å². The summed E-state index contributed by atoms with van der Waals surface area (Å²) in [6.07, 6.45) is -0.257. The summed E-state index contributed by atoms with van der Waals surface area (Å²) < 4.78 is 0. The van der Waals surface area contributed by atoms with E-state index < -0.39 is 5.97 Å². The molecule has 0 aromatic carbocycles. The van der Waals surface area contributed by atoms with Crippen molar-refractivity contribution in [3.63, 3.8) is 0 Å². The largest absolute Gasteiger partial charge is 0.371 e. The van der Waals surface area contributed by atoms with E-state index in [2.05, 4.69) is 16.4 Å². The molecular weight excluding hydrogens is 132 g/mol. The highest BCUT2D eigenvalue weighted by molar-refractivity contribution is 5.89. The van der Waals surface area contributed by atoms with Crippen LogP contribution in [0.2, 0.25) is 0 Å². The summed E-state index contributed by atoms with van der Waals surface area (Å²) in [6.45, 7) is 7.42. The topological polar surface area (TPSA) is 35.5 Å². The highest BCUT2D eigenvalue weighted by Crippen LogP contribution is 2.22. The fraction of sp³-hybridized carbons (Fsp3) is 0.571. The Kier molecular flexibility index (Phi) is 1.76. The Morgan fingerprint density at radius 3 is 2.40 bits per heavy atom. The molecule has 56 valence electrons. The molecule has 0 aromatic heterocycles. The van der Waals surface area contributed by atoms with Crippen molar-refractivity contribution in [2.45, 2.75) is 20.0 Å². The Morgan fingerprint density at radius 1 is 1.60 bits per heavy atom. The van der Waals surface area contributed by atoms with Gasteiger partial charge in [-0.2, -0.15) is 4.89 Å². The number of rotatable bonds is 1. The van der Waals surface area contributed by atoms with Crippen LogP contribution in [0, 0.1) is 5.92 Å². The van der Waals surface area contributed by atoms with Gasteiger partial charge in [-0.1, -0.05) is 20.4 Å². The van der Waals surface area contributed by atoms with E-state index in [1.807, 2.05) is 13.8 Å². The lowest BCUT2D eigenvalue weighted by Crippen LogP contribution is -2.15. The van der Waals surface area contributed by atoms with Gasteiger partial charge in [-0.05, 0) is 5.92 Å². The van der Waals surface area contributed by atoms with Crippen molar-refractivity contribution in [3.8, 4) is 0 Å². The summed E-state index contributed by atoms with van der Waals surface area (Å²) in [5, 5.41) is 0. The summed E-state index contributed by atoms with van der Waals surface area (Å²) in [7, 11) is 0. The van der Waals surface area contributed by atoms with Gasteiger partial charge in [-0.25, -0.2) is 4.79 Å². The van der Waals surface area contributed by atoms with Crippen molar-refractivity contribution in [2.24, 2.45) is 5.92 Å². The summed E-state index contributed by atoms with van der Waals surface area (Å²) in [6, 6.07) is 0. The van der Waals surface area contributed by atoms with Crippen LogP contribution in [0.5, 0.6) is 0 Å². The van der Waals surface area contributed by atoms with Crippen LogP contribution < -0.4 is 0 Å². The molecular formula is C7H10O3. The van der Waals surface area contributed by atoms with Crippen LogP contribution in [0.4, 0.5) is 0 Å². The normalized spacial score (nSPS) is 25.7. The monoisotopic (exact) mass is 142 g/mol. The SMILES string of the molecule is C=C1C(=O)OOC1C(C)C. The maximum absolute atomic E-state index is 10.6. The minimum absolute atomic E-state index is 0.235.